The van der Waals surface area contributed by atoms with Crippen LogP contribution in [0.25, 0.3) is 0 Å². The molecule has 0 radical (unpaired) electrons. The molecule has 1 atom stereocenters. The number of allylic oxidation sites excluding steroid dienone is 4. The fraction of sp³-hybridized carbons (Fsp3) is 0.529. The molecule has 0 bridgehead atoms. The maximum Gasteiger partial charge on any atom is 0.198 e. The molecule has 1 aliphatic carbocycles. The van der Waals surface area contributed by atoms with Crippen LogP contribution in [0.1, 0.15) is 40.0 Å². The second-order valence-electron chi connectivity index (χ2n) is 5.31. The first kappa shape index (κ1) is 16.5. The monoisotopic (exact) mass is 278 g/mol. The molecule has 4 heteroatoms. The predicted molar refractivity (Wildman–Crippen MR) is 77.8 cm³/mol. The second-order valence-corrected chi connectivity index (χ2v) is 5.31. The quantitative estimate of drug-likeness (QED) is 0.731. The molecule has 1 rings (SSSR count). The summed E-state index contributed by atoms with van der Waals surface area (Å²) in [5.41, 5.74) is -1.68. The highest BCUT2D eigenvalue weighted by atomic mass is 14.7. The van der Waals surface area contributed by atoms with Crippen molar-refractivity contribution in [2.24, 2.45) is 16.7 Å². The highest BCUT2D eigenvalue weighted by molar-refractivity contribution is 5.60. The molecule has 0 aromatic rings. The van der Waals surface area contributed by atoms with Gasteiger partial charge in [0.2, 0.25) is 0 Å². The van der Waals surface area contributed by atoms with Gasteiger partial charge < -0.3 is 0 Å². The lowest BCUT2D eigenvalue weighted by molar-refractivity contribution is 0.167. The number of rotatable bonds is 4. The minimum absolute atomic E-state index is 0.478. The molecule has 0 heterocycles. The summed E-state index contributed by atoms with van der Waals surface area (Å²) in [7, 11) is 0. The van der Waals surface area contributed by atoms with E-state index in [0.717, 1.165) is 24.8 Å². The number of hydrogen-bond donors (Lipinski definition) is 0. The number of unbranched alkanes of at least 4 members (excludes halogenated alkanes) is 1. The van der Waals surface area contributed by atoms with Gasteiger partial charge in [0.05, 0.1) is 24.3 Å². The smallest absolute Gasteiger partial charge is 0.196 e. The van der Waals surface area contributed by atoms with Gasteiger partial charge in [-0.05, 0) is 32.3 Å². The van der Waals surface area contributed by atoms with Crippen LogP contribution in [0.3, 0.4) is 0 Å². The Morgan fingerprint density at radius 2 is 1.71 bits per heavy atom. The molecule has 0 aromatic carbocycles. The first-order valence-corrected chi connectivity index (χ1v) is 7.03. The summed E-state index contributed by atoms with van der Waals surface area (Å²) in [6.45, 7) is 5.76. The Kier molecular flexibility index (Phi) is 4.92. The number of nitrogens with zero attached hydrogens (tertiary/aromatic N) is 4. The van der Waals surface area contributed by atoms with Gasteiger partial charge in [-0.3, -0.25) is 0 Å². The van der Waals surface area contributed by atoms with Crippen LogP contribution in [0.15, 0.2) is 23.3 Å². The summed E-state index contributed by atoms with van der Waals surface area (Å²) >= 11 is 0. The molecule has 0 amide bonds. The second kappa shape index (κ2) is 6.26. The van der Waals surface area contributed by atoms with Crippen LogP contribution in [-0.2, 0) is 0 Å². The molecule has 1 fully saturated rings. The predicted octanol–water partition coefficient (Wildman–Crippen LogP) is 3.77. The average Bonchev–Trinajstić information content (AvgIpc) is 2.50. The third-order valence-corrected chi connectivity index (χ3v) is 4.21. The Bertz CT molecular complexity index is 612. The summed E-state index contributed by atoms with van der Waals surface area (Å²) < 4.78 is 0. The minimum atomic E-state index is -1.65. The van der Waals surface area contributed by atoms with E-state index in [2.05, 4.69) is 6.92 Å². The van der Waals surface area contributed by atoms with Crippen molar-refractivity contribution in [3.05, 3.63) is 23.3 Å². The van der Waals surface area contributed by atoms with Crippen molar-refractivity contribution in [3.8, 4) is 24.3 Å². The first-order chi connectivity index (χ1) is 10.0. The summed E-state index contributed by atoms with van der Waals surface area (Å²) in [4.78, 5) is 0. The van der Waals surface area contributed by atoms with Crippen molar-refractivity contribution in [1.82, 2.24) is 0 Å². The fourth-order valence-corrected chi connectivity index (χ4v) is 3.07. The van der Waals surface area contributed by atoms with Crippen molar-refractivity contribution < 1.29 is 0 Å². The maximum atomic E-state index is 9.53. The van der Waals surface area contributed by atoms with Crippen molar-refractivity contribution in [1.29, 1.82) is 21.0 Å². The lowest BCUT2D eigenvalue weighted by Crippen LogP contribution is -2.57. The van der Waals surface area contributed by atoms with Gasteiger partial charge in [0.25, 0.3) is 0 Å². The molecular weight excluding hydrogens is 260 g/mol. The van der Waals surface area contributed by atoms with Gasteiger partial charge in [0, 0.05) is 5.92 Å². The topological polar surface area (TPSA) is 95.2 Å². The molecule has 1 unspecified atom stereocenters. The molecule has 4 nitrogen and oxygen atoms in total. The van der Waals surface area contributed by atoms with E-state index in [4.69, 9.17) is 0 Å². The van der Waals surface area contributed by atoms with Gasteiger partial charge in [-0.25, -0.2) is 0 Å². The van der Waals surface area contributed by atoms with Gasteiger partial charge >= 0.3 is 0 Å². The van der Waals surface area contributed by atoms with Crippen LogP contribution in [0.2, 0.25) is 0 Å². The fourth-order valence-electron chi connectivity index (χ4n) is 3.07. The van der Waals surface area contributed by atoms with E-state index in [0.29, 0.717) is 5.57 Å². The van der Waals surface area contributed by atoms with E-state index in [-0.39, 0.29) is 0 Å². The molecule has 0 spiro atoms. The van der Waals surface area contributed by atoms with E-state index in [1.54, 1.807) is 19.1 Å². The van der Waals surface area contributed by atoms with E-state index in [9.17, 15) is 21.0 Å². The van der Waals surface area contributed by atoms with Gasteiger partial charge in [0.15, 0.2) is 10.8 Å². The SMILES string of the molecule is C/C=C/C1/C(=C(\C)CCCC)C(C#N)(C#N)C1(C#N)C#N. The van der Waals surface area contributed by atoms with Crippen LogP contribution in [0, 0.1) is 62.1 Å². The van der Waals surface area contributed by atoms with Crippen molar-refractivity contribution in [2.75, 3.05) is 0 Å². The Morgan fingerprint density at radius 3 is 2.10 bits per heavy atom. The first-order valence-electron chi connectivity index (χ1n) is 7.03. The summed E-state index contributed by atoms with van der Waals surface area (Å²) in [5, 5.41) is 38.0. The van der Waals surface area contributed by atoms with Crippen molar-refractivity contribution in [2.45, 2.75) is 40.0 Å². The molecule has 106 valence electrons. The van der Waals surface area contributed by atoms with E-state index >= 15 is 0 Å². The molecule has 1 saturated carbocycles. The molecule has 0 aliphatic heterocycles. The normalized spacial score (nSPS) is 24.0. The number of nitriles is 4. The summed E-state index contributed by atoms with van der Waals surface area (Å²) in [5.74, 6) is -0.478. The maximum absolute atomic E-state index is 9.53. The highest BCUT2D eigenvalue weighted by Gasteiger charge is 2.72. The Labute approximate surface area is 126 Å². The standard InChI is InChI=1S/C17H18N4/c1-4-6-8-13(3)15-14(7-5-2)16(9-18,10-19)17(15,11-20)12-21/h5,7,14H,4,6,8H2,1-3H3/b7-5+,15-13-. The largest absolute Gasteiger partial charge is 0.198 e. The zero-order chi connectivity index (χ0) is 16.1. The van der Waals surface area contributed by atoms with Gasteiger partial charge in [-0.1, -0.05) is 31.1 Å². The zero-order valence-electron chi connectivity index (χ0n) is 12.6. The van der Waals surface area contributed by atoms with Gasteiger partial charge in [-0.2, -0.15) is 21.0 Å². The van der Waals surface area contributed by atoms with Crippen molar-refractivity contribution >= 4 is 0 Å². The van der Waals surface area contributed by atoms with Crippen LogP contribution >= 0.6 is 0 Å². The average molecular weight is 278 g/mol. The van der Waals surface area contributed by atoms with Crippen LogP contribution in [0.5, 0.6) is 0 Å². The lowest BCUT2D eigenvalue weighted by Gasteiger charge is -2.51. The molecule has 1 aliphatic rings. The van der Waals surface area contributed by atoms with Crippen LogP contribution < -0.4 is 0 Å². The molecule has 0 aromatic heterocycles. The van der Waals surface area contributed by atoms with Gasteiger partial charge in [0.1, 0.15) is 0 Å². The van der Waals surface area contributed by atoms with E-state index < -0.39 is 16.7 Å². The van der Waals surface area contributed by atoms with Gasteiger partial charge in [-0.15, -0.1) is 0 Å². The molecule has 21 heavy (non-hydrogen) atoms. The lowest BCUT2D eigenvalue weighted by atomic mass is 9.42. The minimum Gasteiger partial charge on any atom is -0.196 e. The Balaban J connectivity index is 3.57. The Morgan fingerprint density at radius 1 is 1.14 bits per heavy atom. The van der Waals surface area contributed by atoms with E-state index in [1.165, 1.54) is 0 Å². The van der Waals surface area contributed by atoms with Crippen molar-refractivity contribution in [3.63, 3.8) is 0 Å². The molecule has 0 saturated heterocycles. The van der Waals surface area contributed by atoms with Crippen LogP contribution in [0.4, 0.5) is 0 Å². The van der Waals surface area contributed by atoms with Crippen LogP contribution in [-0.4, -0.2) is 0 Å². The summed E-state index contributed by atoms with van der Waals surface area (Å²) in [6, 6.07) is 7.79. The third kappa shape index (κ3) is 2.01. The Hall–Kier alpha value is -2.56. The third-order valence-electron chi connectivity index (χ3n) is 4.21. The number of hydrogen-bond acceptors (Lipinski definition) is 4. The molecular formula is C17H18N4. The highest BCUT2D eigenvalue weighted by Crippen LogP contribution is 2.65. The van der Waals surface area contributed by atoms with E-state index in [1.807, 2.05) is 31.2 Å². The summed E-state index contributed by atoms with van der Waals surface area (Å²) in [6.07, 6.45) is 6.26. The zero-order valence-corrected chi connectivity index (χ0v) is 12.6. The molecule has 0 N–H and O–H groups in total.